The van der Waals surface area contributed by atoms with Crippen molar-refractivity contribution in [1.82, 2.24) is 0 Å². The molecule has 2 aromatic carbocycles. The first-order valence-corrected chi connectivity index (χ1v) is 7.32. The zero-order valence-electron chi connectivity index (χ0n) is 12.7. The van der Waals surface area contributed by atoms with Crippen molar-refractivity contribution in [1.29, 1.82) is 0 Å². The first-order chi connectivity index (χ1) is 10.7. The zero-order chi connectivity index (χ0) is 15.5. The first-order valence-electron chi connectivity index (χ1n) is 7.32. The second-order valence-electron chi connectivity index (χ2n) is 5.26. The highest BCUT2D eigenvalue weighted by molar-refractivity contribution is 5.89. The molecule has 0 fully saturated rings. The molecule has 1 aliphatic heterocycles. The molecule has 114 valence electrons. The van der Waals surface area contributed by atoms with E-state index in [-0.39, 0.29) is 19.4 Å². The van der Waals surface area contributed by atoms with E-state index in [0.717, 1.165) is 23.3 Å². The standard InChI is InChI=1S/C18H18O4/c1-3-14-5-6-15(8-12(14)2)18(19)20-10-13-4-7-16-17(9-13)22-11-21-16/h4-9H,3,10-11H2,1-2H3. The highest BCUT2D eigenvalue weighted by Crippen LogP contribution is 2.32. The number of esters is 1. The largest absolute Gasteiger partial charge is 0.457 e. The van der Waals surface area contributed by atoms with Crippen molar-refractivity contribution < 1.29 is 19.0 Å². The average molecular weight is 298 g/mol. The second-order valence-corrected chi connectivity index (χ2v) is 5.26. The Hall–Kier alpha value is -2.49. The van der Waals surface area contributed by atoms with Gasteiger partial charge in [-0.15, -0.1) is 0 Å². The van der Waals surface area contributed by atoms with Gasteiger partial charge in [-0.1, -0.05) is 19.1 Å². The molecule has 3 rings (SSSR count). The van der Waals surface area contributed by atoms with Crippen LogP contribution in [0.1, 0.15) is 34.0 Å². The van der Waals surface area contributed by atoms with E-state index in [1.165, 1.54) is 5.56 Å². The van der Waals surface area contributed by atoms with Gasteiger partial charge in [0.2, 0.25) is 6.79 Å². The third kappa shape index (κ3) is 2.91. The molecular weight excluding hydrogens is 280 g/mol. The van der Waals surface area contributed by atoms with E-state index < -0.39 is 0 Å². The monoisotopic (exact) mass is 298 g/mol. The molecule has 0 radical (unpaired) electrons. The summed E-state index contributed by atoms with van der Waals surface area (Å²) < 4.78 is 15.9. The number of ether oxygens (including phenoxy) is 3. The number of carbonyl (C=O) groups excluding carboxylic acids is 1. The maximum absolute atomic E-state index is 12.1. The van der Waals surface area contributed by atoms with Gasteiger partial charge >= 0.3 is 5.97 Å². The topological polar surface area (TPSA) is 44.8 Å². The summed E-state index contributed by atoms with van der Waals surface area (Å²) in [5, 5.41) is 0. The molecule has 0 aliphatic carbocycles. The number of fused-ring (bicyclic) bond motifs is 1. The normalized spacial score (nSPS) is 12.3. The van der Waals surface area contributed by atoms with Crippen LogP contribution >= 0.6 is 0 Å². The van der Waals surface area contributed by atoms with Gasteiger partial charge in [-0.2, -0.15) is 0 Å². The number of hydrogen-bond acceptors (Lipinski definition) is 4. The molecule has 22 heavy (non-hydrogen) atoms. The molecule has 0 saturated carbocycles. The van der Waals surface area contributed by atoms with Crippen molar-refractivity contribution >= 4 is 5.97 Å². The fourth-order valence-electron chi connectivity index (χ4n) is 2.48. The lowest BCUT2D eigenvalue weighted by Gasteiger charge is -2.08. The summed E-state index contributed by atoms with van der Waals surface area (Å²) in [6, 6.07) is 11.2. The maximum Gasteiger partial charge on any atom is 0.338 e. The Morgan fingerprint density at radius 1 is 1.14 bits per heavy atom. The van der Waals surface area contributed by atoms with Gasteiger partial charge in [0.25, 0.3) is 0 Å². The Labute approximate surface area is 129 Å². The lowest BCUT2D eigenvalue weighted by Crippen LogP contribution is -2.06. The van der Waals surface area contributed by atoms with Crippen LogP contribution in [0.15, 0.2) is 36.4 Å². The Morgan fingerprint density at radius 3 is 2.73 bits per heavy atom. The van der Waals surface area contributed by atoms with Crippen LogP contribution < -0.4 is 9.47 Å². The predicted octanol–water partition coefficient (Wildman–Crippen LogP) is 3.64. The predicted molar refractivity (Wildman–Crippen MR) is 82.2 cm³/mol. The second kappa shape index (κ2) is 6.10. The number of aryl methyl sites for hydroxylation is 2. The fourth-order valence-corrected chi connectivity index (χ4v) is 2.48. The minimum atomic E-state index is -0.316. The average Bonchev–Trinajstić information content (AvgIpc) is 3.00. The quantitative estimate of drug-likeness (QED) is 0.808. The molecule has 0 aromatic heterocycles. The van der Waals surface area contributed by atoms with Gasteiger partial charge in [-0.3, -0.25) is 0 Å². The maximum atomic E-state index is 12.1. The van der Waals surface area contributed by atoms with E-state index in [2.05, 4.69) is 6.92 Å². The van der Waals surface area contributed by atoms with Gasteiger partial charge in [-0.25, -0.2) is 4.79 Å². The molecule has 4 nitrogen and oxygen atoms in total. The number of hydrogen-bond donors (Lipinski definition) is 0. The smallest absolute Gasteiger partial charge is 0.338 e. The number of carbonyl (C=O) groups is 1. The summed E-state index contributed by atoms with van der Waals surface area (Å²) in [4.78, 5) is 12.1. The third-order valence-electron chi connectivity index (χ3n) is 3.77. The molecule has 1 aliphatic rings. The summed E-state index contributed by atoms with van der Waals surface area (Å²) in [6.45, 7) is 4.55. The highest BCUT2D eigenvalue weighted by Gasteiger charge is 2.14. The van der Waals surface area contributed by atoms with Gasteiger partial charge in [0.15, 0.2) is 11.5 Å². The molecule has 0 unspecified atom stereocenters. The van der Waals surface area contributed by atoms with Gasteiger partial charge in [-0.05, 0) is 54.3 Å². The van der Waals surface area contributed by atoms with Crippen LogP contribution in [0.3, 0.4) is 0 Å². The van der Waals surface area contributed by atoms with Gasteiger partial charge < -0.3 is 14.2 Å². The van der Waals surface area contributed by atoms with Gasteiger partial charge in [0.1, 0.15) is 6.61 Å². The van der Waals surface area contributed by atoms with Crippen molar-refractivity contribution in [3.05, 3.63) is 58.7 Å². The number of benzene rings is 2. The van der Waals surface area contributed by atoms with E-state index >= 15 is 0 Å². The van der Waals surface area contributed by atoms with Crippen LogP contribution in [-0.4, -0.2) is 12.8 Å². The molecule has 2 aromatic rings. The molecule has 1 heterocycles. The minimum absolute atomic E-state index is 0.212. The van der Waals surface area contributed by atoms with Crippen LogP contribution in [0.2, 0.25) is 0 Å². The van der Waals surface area contributed by atoms with Crippen molar-refractivity contribution in [3.8, 4) is 11.5 Å². The first kappa shape index (κ1) is 14.4. The molecule has 0 saturated heterocycles. The number of rotatable bonds is 4. The Bertz CT molecular complexity index is 706. The lowest BCUT2D eigenvalue weighted by atomic mass is 10.0. The minimum Gasteiger partial charge on any atom is -0.457 e. The van der Waals surface area contributed by atoms with Crippen molar-refractivity contribution in [2.45, 2.75) is 26.9 Å². The summed E-state index contributed by atoms with van der Waals surface area (Å²) >= 11 is 0. The summed E-state index contributed by atoms with van der Waals surface area (Å²) in [5.74, 6) is 1.10. The van der Waals surface area contributed by atoms with E-state index in [1.54, 1.807) is 0 Å². The van der Waals surface area contributed by atoms with Crippen LogP contribution in [-0.2, 0) is 17.8 Å². The molecule has 0 N–H and O–H groups in total. The van der Waals surface area contributed by atoms with Crippen LogP contribution in [0.5, 0.6) is 11.5 Å². The Morgan fingerprint density at radius 2 is 1.95 bits per heavy atom. The van der Waals surface area contributed by atoms with Crippen LogP contribution in [0, 0.1) is 6.92 Å². The zero-order valence-corrected chi connectivity index (χ0v) is 12.7. The Kier molecular flexibility index (Phi) is 4.00. The Balaban J connectivity index is 1.66. The lowest BCUT2D eigenvalue weighted by molar-refractivity contribution is 0.0472. The van der Waals surface area contributed by atoms with Crippen molar-refractivity contribution in [2.75, 3.05) is 6.79 Å². The fraction of sp³-hybridized carbons (Fsp3) is 0.278. The third-order valence-corrected chi connectivity index (χ3v) is 3.77. The molecule has 0 bridgehead atoms. The molecule has 0 amide bonds. The van der Waals surface area contributed by atoms with E-state index in [4.69, 9.17) is 14.2 Å². The molecular formula is C18H18O4. The SMILES string of the molecule is CCc1ccc(C(=O)OCc2ccc3c(c2)OCO3)cc1C. The molecule has 4 heteroatoms. The van der Waals surface area contributed by atoms with E-state index in [0.29, 0.717) is 11.3 Å². The van der Waals surface area contributed by atoms with E-state index in [1.807, 2.05) is 43.3 Å². The van der Waals surface area contributed by atoms with Gasteiger partial charge in [0, 0.05) is 0 Å². The summed E-state index contributed by atoms with van der Waals surface area (Å²) in [7, 11) is 0. The van der Waals surface area contributed by atoms with Crippen LogP contribution in [0.4, 0.5) is 0 Å². The van der Waals surface area contributed by atoms with E-state index in [9.17, 15) is 4.79 Å². The molecule has 0 spiro atoms. The van der Waals surface area contributed by atoms with Crippen LogP contribution in [0.25, 0.3) is 0 Å². The summed E-state index contributed by atoms with van der Waals surface area (Å²) in [6.07, 6.45) is 0.957. The highest BCUT2D eigenvalue weighted by atomic mass is 16.7. The van der Waals surface area contributed by atoms with Gasteiger partial charge in [0.05, 0.1) is 5.56 Å². The summed E-state index contributed by atoms with van der Waals surface area (Å²) in [5.41, 5.74) is 3.81. The van der Waals surface area contributed by atoms with Crippen molar-refractivity contribution in [2.24, 2.45) is 0 Å². The molecule has 0 atom stereocenters. The van der Waals surface area contributed by atoms with Crippen molar-refractivity contribution in [3.63, 3.8) is 0 Å².